The number of amides is 2. The van der Waals surface area contributed by atoms with E-state index in [-0.39, 0.29) is 30.5 Å². The first kappa shape index (κ1) is 19.8. The average molecular weight is 387 g/mol. The summed E-state index contributed by atoms with van der Waals surface area (Å²) in [6.07, 6.45) is 0.778. The number of halogens is 2. The second-order valence-corrected chi connectivity index (χ2v) is 6.90. The Kier molecular flexibility index (Phi) is 6.23. The van der Waals surface area contributed by atoms with Gasteiger partial charge in [0, 0.05) is 44.9 Å². The number of hydrogen-bond donors (Lipinski definition) is 1. The molecule has 7 heteroatoms. The molecule has 1 aliphatic heterocycles. The van der Waals surface area contributed by atoms with Crippen molar-refractivity contribution in [3.8, 4) is 0 Å². The molecule has 1 unspecified atom stereocenters. The standard InChI is InChI=1S/C21H23F2N3O2/c1-25(17-6-3-2-4-7-17)11-5-10-24-21(28)15-12-20(27)26(14-15)19-9-8-16(22)13-18(19)23/h2-4,6-9,13,15H,5,10-12,14H2,1H3,(H,24,28). The van der Waals surface area contributed by atoms with Crippen molar-refractivity contribution < 1.29 is 18.4 Å². The van der Waals surface area contributed by atoms with Crippen molar-refractivity contribution >= 4 is 23.2 Å². The Bertz CT molecular complexity index is 845. The molecular weight excluding hydrogens is 364 g/mol. The van der Waals surface area contributed by atoms with Crippen molar-refractivity contribution in [3.63, 3.8) is 0 Å². The number of nitrogens with zero attached hydrogens (tertiary/aromatic N) is 2. The molecule has 148 valence electrons. The Labute approximate surface area is 162 Å². The Hall–Kier alpha value is -2.96. The number of para-hydroxylation sites is 1. The lowest BCUT2D eigenvalue weighted by Gasteiger charge is -2.19. The van der Waals surface area contributed by atoms with Crippen LogP contribution in [0.5, 0.6) is 0 Å². The molecule has 0 saturated carbocycles. The number of hydrogen-bond acceptors (Lipinski definition) is 3. The van der Waals surface area contributed by atoms with Crippen molar-refractivity contribution in [1.29, 1.82) is 0 Å². The molecule has 0 aromatic heterocycles. The Morgan fingerprint density at radius 2 is 1.96 bits per heavy atom. The molecule has 1 aliphatic rings. The van der Waals surface area contributed by atoms with E-state index in [1.54, 1.807) is 0 Å². The van der Waals surface area contributed by atoms with Crippen LogP contribution in [0.25, 0.3) is 0 Å². The van der Waals surface area contributed by atoms with Crippen LogP contribution in [0.15, 0.2) is 48.5 Å². The van der Waals surface area contributed by atoms with Crippen molar-refractivity contribution in [2.75, 3.05) is 36.5 Å². The lowest BCUT2D eigenvalue weighted by Crippen LogP contribution is -2.34. The van der Waals surface area contributed by atoms with Crippen LogP contribution in [0.1, 0.15) is 12.8 Å². The highest BCUT2D eigenvalue weighted by Gasteiger charge is 2.36. The number of carbonyl (C=O) groups is 2. The molecule has 1 heterocycles. The van der Waals surface area contributed by atoms with E-state index in [0.29, 0.717) is 6.54 Å². The number of nitrogens with one attached hydrogen (secondary N) is 1. The summed E-state index contributed by atoms with van der Waals surface area (Å²) in [5.74, 6) is -2.61. The quantitative estimate of drug-likeness (QED) is 0.744. The number of rotatable bonds is 7. The third kappa shape index (κ3) is 4.65. The highest BCUT2D eigenvalue weighted by Crippen LogP contribution is 2.28. The summed E-state index contributed by atoms with van der Waals surface area (Å²) < 4.78 is 27.0. The van der Waals surface area contributed by atoms with E-state index in [9.17, 15) is 18.4 Å². The second kappa shape index (κ2) is 8.82. The van der Waals surface area contributed by atoms with Crippen LogP contribution in [-0.4, -0.2) is 38.5 Å². The summed E-state index contributed by atoms with van der Waals surface area (Å²) >= 11 is 0. The van der Waals surface area contributed by atoms with Gasteiger partial charge < -0.3 is 15.1 Å². The summed E-state index contributed by atoms with van der Waals surface area (Å²) in [6, 6.07) is 13.0. The van der Waals surface area contributed by atoms with Crippen LogP contribution in [0.2, 0.25) is 0 Å². The summed E-state index contributed by atoms with van der Waals surface area (Å²) in [5.41, 5.74) is 1.11. The minimum absolute atomic E-state index is 0.00573. The summed E-state index contributed by atoms with van der Waals surface area (Å²) in [5, 5.41) is 2.85. The van der Waals surface area contributed by atoms with Crippen LogP contribution < -0.4 is 15.1 Å². The van der Waals surface area contributed by atoms with Gasteiger partial charge in [0.15, 0.2) is 0 Å². The second-order valence-electron chi connectivity index (χ2n) is 6.90. The van der Waals surface area contributed by atoms with Gasteiger partial charge in [0.25, 0.3) is 0 Å². The van der Waals surface area contributed by atoms with Gasteiger partial charge in [-0.05, 0) is 30.7 Å². The minimum Gasteiger partial charge on any atom is -0.375 e. The van der Waals surface area contributed by atoms with Crippen LogP contribution >= 0.6 is 0 Å². The predicted molar refractivity (Wildman–Crippen MR) is 104 cm³/mol. The molecule has 5 nitrogen and oxygen atoms in total. The van der Waals surface area contributed by atoms with Gasteiger partial charge in [-0.1, -0.05) is 18.2 Å². The van der Waals surface area contributed by atoms with Gasteiger partial charge in [-0.25, -0.2) is 8.78 Å². The van der Waals surface area contributed by atoms with E-state index in [1.807, 2.05) is 37.4 Å². The van der Waals surface area contributed by atoms with Crippen LogP contribution in [0.4, 0.5) is 20.2 Å². The van der Waals surface area contributed by atoms with Gasteiger partial charge in [0.05, 0.1) is 11.6 Å². The zero-order valence-corrected chi connectivity index (χ0v) is 15.7. The topological polar surface area (TPSA) is 52.7 Å². The van der Waals surface area contributed by atoms with Gasteiger partial charge in [0.2, 0.25) is 11.8 Å². The maximum atomic E-state index is 13.9. The van der Waals surface area contributed by atoms with Gasteiger partial charge in [-0.2, -0.15) is 0 Å². The van der Waals surface area contributed by atoms with Crippen LogP contribution in [0.3, 0.4) is 0 Å². The van der Waals surface area contributed by atoms with E-state index < -0.39 is 17.6 Å². The van der Waals surface area contributed by atoms with E-state index in [1.165, 1.54) is 11.0 Å². The maximum Gasteiger partial charge on any atom is 0.227 e. The predicted octanol–water partition coefficient (Wildman–Crippen LogP) is 2.96. The molecule has 1 N–H and O–H groups in total. The molecule has 0 bridgehead atoms. The van der Waals surface area contributed by atoms with E-state index >= 15 is 0 Å². The Morgan fingerprint density at radius 1 is 1.21 bits per heavy atom. The number of benzene rings is 2. The largest absolute Gasteiger partial charge is 0.375 e. The van der Waals surface area contributed by atoms with Gasteiger partial charge in [-0.15, -0.1) is 0 Å². The first-order valence-electron chi connectivity index (χ1n) is 9.25. The van der Waals surface area contributed by atoms with E-state index in [2.05, 4.69) is 10.2 Å². The van der Waals surface area contributed by atoms with Gasteiger partial charge in [0.1, 0.15) is 11.6 Å². The fourth-order valence-electron chi connectivity index (χ4n) is 3.30. The molecular formula is C21H23F2N3O2. The fraction of sp³-hybridized carbons (Fsp3) is 0.333. The third-order valence-corrected chi connectivity index (χ3v) is 4.86. The monoisotopic (exact) mass is 387 g/mol. The molecule has 1 atom stereocenters. The molecule has 0 radical (unpaired) electrons. The first-order chi connectivity index (χ1) is 13.5. The van der Waals surface area contributed by atoms with E-state index in [4.69, 9.17) is 0 Å². The normalized spacial score (nSPS) is 16.3. The van der Waals surface area contributed by atoms with Gasteiger partial charge >= 0.3 is 0 Å². The highest BCUT2D eigenvalue weighted by molar-refractivity contribution is 6.00. The molecule has 2 aromatic rings. The highest BCUT2D eigenvalue weighted by atomic mass is 19.1. The summed E-state index contributed by atoms with van der Waals surface area (Å²) in [6.45, 7) is 1.36. The van der Waals surface area contributed by atoms with Gasteiger partial charge in [-0.3, -0.25) is 9.59 Å². The molecule has 1 fully saturated rings. The lowest BCUT2D eigenvalue weighted by atomic mass is 10.1. The summed E-state index contributed by atoms with van der Waals surface area (Å²) in [4.78, 5) is 27.9. The molecule has 28 heavy (non-hydrogen) atoms. The smallest absolute Gasteiger partial charge is 0.227 e. The van der Waals surface area contributed by atoms with E-state index in [0.717, 1.165) is 30.8 Å². The SMILES string of the molecule is CN(CCCNC(=O)C1CC(=O)N(c2ccc(F)cc2F)C1)c1ccccc1. The average Bonchev–Trinajstić information content (AvgIpc) is 3.07. The van der Waals surface area contributed by atoms with Crippen molar-refractivity contribution in [2.45, 2.75) is 12.8 Å². The fourth-order valence-corrected chi connectivity index (χ4v) is 3.30. The Morgan fingerprint density at radius 3 is 2.68 bits per heavy atom. The lowest BCUT2D eigenvalue weighted by molar-refractivity contribution is -0.126. The summed E-state index contributed by atoms with van der Waals surface area (Å²) in [7, 11) is 1.99. The van der Waals surface area contributed by atoms with Crippen molar-refractivity contribution in [2.24, 2.45) is 5.92 Å². The minimum atomic E-state index is -0.807. The van der Waals surface area contributed by atoms with Crippen molar-refractivity contribution in [1.82, 2.24) is 5.32 Å². The molecule has 1 saturated heterocycles. The maximum absolute atomic E-state index is 13.9. The Balaban J connectivity index is 1.47. The van der Waals surface area contributed by atoms with Crippen molar-refractivity contribution in [3.05, 3.63) is 60.2 Å². The molecule has 0 aliphatic carbocycles. The van der Waals surface area contributed by atoms with Crippen LogP contribution in [0, 0.1) is 17.6 Å². The molecule has 2 aromatic carbocycles. The third-order valence-electron chi connectivity index (χ3n) is 4.86. The number of carbonyl (C=O) groups excluding carboxylic acids is 2. The first-order valence-corrected chi connectivity index (χ1v) is 9.25. The number of anilines is 2. The molecule has 0 spiro atoms. The zero-order valence-electron chi connectivity index (χ0n) is 15.7. The zero-order chi connectivity index (χ0) is 20.1. The van der Waals surface area contributed by atoms with Crippen LogP contribution in [-0.2, 0) is 9.59 Å². The molecule has 2 amide bonds. The molecule has 3 rings (SSSR count).